The second-order valence-corrected chi connectivity index (χ2v) is 3.94. The van der Waals surface area contributed by atoms with Crippen LogP contribution in [0, 0.1) is 0 Å². The fourth-order valence-corrected chi connectivity index (χ4v) is 1.90. The Balaban J connectivity index is 1.91. The largest absolute Gasteiger partial charge is 0.312 e. The highest BCUT2D eigenvalue weighted by Gasteiger charge is 2.15. The molecule has 2 heterocycles. The Bertz CT molecular complexity index is 305. The molecule has 1 aliphatic rings. The summed E-state index contributed by atoms with van der Waals surface area (Å²) >= 11 is 0. The molecule has 1 atom stereocenters. The van der Waals surface area contributed by atoms with Gasteiger partial charge in [0.1, 0.15) is 0 Å². The van der Waals surface area contributed by atoms with E-state index in [1.54, 1.807) is 4.68 Å². The van der Waals surface area contributed by atoms with Crippen molar-refractivity contribution in [3.63, 3.8) is 0 Å². The number of hydrogen-bond donors (Lipinski definition) is 1. The van der Waals surface area contributed by atoms with E-state index in [2.05, 4.69) is 10.4 Å². The van der Waals surface area contributed by atoms with Crippen LogP contribution < -0.4 is 5.32 Å². The number of nitrogens with one attached hydrogen (secondary N) is 1. The number of hydrogen-bond acceptors (Lipinski definition) is 2. The molecule has 0 radical (unpaired) electrons. The summed E-state index contributed by atoms with van der Waals surface area (Å²) in [6, 6.07) is 0.379. The van der Waals surface area contributed by atoms with Gasteiger partial charge in [0.25, 0.3) is 6.43 Å². The lowest BCUT2D eigenvalue weighted by molar-refractivity contribution is 0.151. The Morgan fingerprint density at radius 1 is 1.53 bits per heavy atom. The first-order chi connectivity index (χ1) is 7.25. The van der Waals surface area contributed by atoms with Crippen molar-refractivity contribution in [3.8, 4) is 0 Å². The maximum atomic E-state index is 12.3. The maximum absolute atomic E-state index is 12.3. The smallest absolute Gasteiger partial charge is 0.266 e. The van der Waals surface area contributed by atoms with Gasteiger partial charge in [-0.1, -0.05) is 6.42 Å². The van der Waals surface area contributed by atoms with E-state index in [-0.39, 0.29) is 5.56 Å². The first-order valence-corrected chi connectivity index (χ1v) is 5.29. The molecular weight excluding hydrogens is 200 g/mol. The van der Waals surface area contributed by atoms with Crippen LogP contribution in [0.4, 0.5) is 8.78 Å². The summed E-state index contributed by atoms with van der Waals surface area (Å²) < 4.78 is 26.2. The van der Waals surface area contributed by atoms with E-state index in [0.717, 1.165) is 13.0 Å². The third kappa shape index (κ3) is 2.75. The van der Waals surface area contributed by atoms with Gasteiger partial charge in [-0.25, -0.2) is 8.78 Å². The van der Waals surface area contributed by atoms with Gasteiger partial charge < -0.3 is 5.32 Å². The third-order valence-corrected chi connectivity index (χ3v) is 2.73. The third-order valence-electron chi connectivity index (χ3n) is 2.73. The first kappa shape index (κ1) is 10.5. The summed E-state index contributed by atoms with van der Waals surface area (Å²) in [6.45, 7) is 1.71. The first-order valence-electron chi connectivity index (χ1n) is 5.29. The minimum absolute atomic E-state index is 0.00538. The molecule has 0 aromatic carbocycles. The fourth-order valence-electron chi connectivity index (χ4n) is 1.90. The van der Waals surface area contributed by atoms with E-state index in [1.165, 1.54) is 25.2 Å². The van der Waals surface area contributed by atoms with E-state index in [0.29, 0.717) is 12.6 Å². The highest BCUT2D eigenvalue weighted by atomic mass is 19.3. The second kappa shape index (κ2) is 4.70. The van der Waals surface area contributed by atoms with Crippen LogP contribution >= 0.6 is 0 Å². The molecule has 1 aromatic heterocycles. The number of halogens is 2. The Morgan fingerprint density at radius 3 is 3.00 bits per heavy atom. The molecule has 1 N–H and O–H groups in total. The molecule has 15 heavy (non-hydrogen) atoms. The summed E-state index contributed by atoms with van der Waals surface area (Å²) in [4.78, 5) is 0. The van der Waals surface area contributed by atoms with Gasteiger partial charge in [-0.05, 0) is 19.4 Å². The summed E-state index contributed by atoms with van der Waals surface area (Å²) in [5, 5.41) is 7.29. The number of aromatic nitrogens is 2. The quantitative estimate of drug-likeness (QED) is 0.835. The lowest BCUT2D eigenvalue weighted by atomic mass is 10.1. The molecule has 2 rings (SSSR count). The van der Waals surface area contributed by atoms with E-state index in [1.807, 2.05) is 0 Å². The molecule has 84 valence electrons. The average molecular weight is 215 g/mol. The van der Waals surface area contributed by atoms with Crippen LogP contribution in [-0.2, 0) is 6.54 Å². The maximum Gasteiger partial charge on any atom is 0.266 e. The molecule has 0 aliphatic carbocycles. The van der Waals surface area contributed by atoms with Crippen molar-refractivity contribution in [2.45, 2.75) is 38.3 Å². The van der Waals surface area contributed by atoms with E-state index in [9.17, 15) is 8.78 Å². The van der Waals surface area contributed by atoms with Crippen molar-refractivity contribution in [2.75, 3.05) is 6.54 Å². The van der Waals surface area contributed by atoms with Crippen LogP contribution in [0.1, 0.15) is 31.3 Å². The van der Waals surface area contributed by atoms with Crippen LogP contribution in [0.3, 0.4) is 0 Å². The van der Waals surface area contributed by atoms with Crippen molar-refractivity contribution in [3.05, 3.63) is 18.0 Å². The van der Waals surface area contributed by atoms with Crippen LogP contribution in [0.5, 0.6) is 0 Å². The van der Waals surface area contributed by atoms with Crippen molar-refractivity contribution in [1.29, 1.82) is 0 Å². The lowest BCUT2D eigenvalue weighted by Gasteiger charge is -2.23. The monoisotopic (exact) mass is 215 g/mol. The van der Waals surface area contributed by atoms with E-state index < -0.39 is 6.43 Å². The van der Waals surface area contributed by atoms with Crippen LogP contribution in [0.15, 0.2) is 12.4 Å². The predicted octanol–water partition coefficient (Wildman–Crippen LogP) is 1.96. The Morgan fingerprint density at radius 2 is 2.40 bits per heavy atom. The zero-order chi connectivity index (χ0) is 10.7. The summed E-state index contributed by atoms with van der Waals surface area (Å²) in [6.07, 6.45) is 3.77. The molecule has 0 bridgehead atoms. The highest BCUT2D eigenvalue weighted by Crippen LogP contribution is 2.17. The standard InChI is InChI=1S/C10H15F2N3/c11-10(12)8-5-14-15(6-8)7-9-3-1-2-4-13-9/h5-6,9-10,13H,1-4,7H2. The molecule has 0 amide bonds. The van der Waals surface area contributed by atoms with E-state index in [4.69, 9.17) is 0 Å². The van der Waals surface area contributed by atoms with Crippen molar-refractivity contribution in [1.82, 2.24) is 15.1 Å². The number of alkyl halides is 2. The van der Waals surface area contributed by atoms with Gasteiger partial charge in [0.15, 0.2) is 0 Å². The Kier molecular flexibility index (Phi) is 3.30. The highest BCUT2D eigenvalue weighted by molar-refractivity contribution is 5.05. The van der Waals surface area contributed by atoms with Gasteiger partial charge in [0.05, 0.1) is 18.3 Å². The van der Waals surface area contributed by atoms with Gasteiger partial charge in [-0.2, -0.15) is 5.10 Å². The summed E-state index contributed by atoms with van der Waals surface area (Å²) in [5.41, 5.74) is 0.00538. The van der Waals surface area contributed by atoms with Gasteiger partial charge in [0.2, 0.25) is 0 Å². The van der Waals surface area contributed by atoms with E-state index >= 15 is 0 Å². The molecule has 1 aliphatic heterocycles. The number of piperidine rings is 1. The summed E-state index contributed by atoms with van der Waals surface area (Å²) in [5.74, 6) is 0. The van der Waals surface area contributed by atoms with Gasteiger partial charge >= 0.3 is 0 Å². The van der Waals surface area contributed by atoms with Crippen LogP contribution in [0.2, 0.25) is 0 Å². The molecule has 1 saturated heterocycles. The molecule has 1 unspecified atom stereocenters. The normalized spacial score (nSPS) is 22.2. The minimum Gasteiger partial charge on any atom is -0.312 e. The number of nitrogens with zero attached hydrogens (tertiary/aromatic N) is 2. The topological polar surface area (TPSA) is 29.9 Å². The van der Waals surface area contributed by atoms with Gasteiger partial charge in [-0.3, -0.25) is 4.68 Å². The summed E-state index contributed by atoms with van der Waals surface area (Å²) in [7, 11) is 0. The van der Waals surface area contributed by atoms with Crippen molar-refractivity contribution < 1.29 is 8.78 Å². The average Bonchev–Trinajstić information content (AvgIpc) is 2.68. The molecule has 1 fully saturated rings. The Labute approximate surface area is 87.5 Å². The molecule has 1 aromatic rings. The van der Waals surface area contributed by atoms with Crippen molar-refractivity contribution >= 4 is 0 Å². The molecular formula is C10H15F2N3. The minimum atomic E-state index is -2.42. The van der Waals surface area contributed by atoms with Crippen LogP contribution in [0.25, 0.3) is 0 Å². The second-order valence-electron chi connectivity index (χ2n) is 3.94. The van der Waals surface area contributed by atoms with Gasteiger partial charge in [-0.15, -0.1) is 0 Å². The van der Waals surface area contributed by atoms with Crippen molar-refractivity contribution in [2.24, 2.45) is 0 Å². The molecule has 0 saturated carbocycles. The predicted molar refractivity (Wildman–Crippen MR) is 52.8 cm³/mol. The molecule has 5 heteroatoms. The lowest BCUT2D eigenvalue weighted by Crippen LogP contribution is -2.37. The molecule has 3 nitrogen and oxygen atoms in total. The SMILES string of the molecule is FC(F)c1cnn(CC2CCCCN2)c1. The molecule has 0 spiro atoms. The number of rotatable bonds is 3. The van der Waals surface area contributed by atoms with Gasteiger partial charge in [0, 0.05) is 12.2 Å². The van der Waals surface area contributed by atoms with Crippen LogP contribution in [-0.4, -0.2) is 22.4 Å². The Hall–Kier alpha value is -0.970. The fraction of sp³-hybridized carbons (Fsp3) is 0.700. The zero-order valence-electron chi connectivity index (χ0n) is 8.50. The zero-order valence-corrected chi connectivity index (χ0v) is 8.50.